The molecule has 2 heteroatoms. The summed E-state index contributed by atoms with van der Waals surface area (Å²) in [6.07, 6.45) is 9.86. The molecular formula is C13H14O2. The molecule has 15 heavy (non-hydrogen) atoms. The molecule has 0 radical (unpaired) electrons. The second-order valence-electron chi connectivity index (χ2n) is 3.56. The van der Waals surface area contributed by atoms with Crippen molar-refractivity contribution in [3.05, 3.63) is 48.2 Å². The first kappa shape index (κ1) is 9.84. The maximum Gasteiger partial charge on any atom is 0.122 e. The minimum Gasteiger partial charge on any atom is -0.507 e. The van der Waals surface area contributed by atoms with Crippen LogP contribution in [0.1, 0.15) is 18.4 Å². The quantitative estimate of drug-likeness (QED) is 0.816. The monoisotopic (exact) mass is 202 g/mol. The molecule has 78 valence electrons. The van der Waals surface area contributed by atoms with Crippen molar-refractivity contribution in [2.24, 2.45) is 0 Å². The molecule has 1 N–H and O–H groups in total. The summed E-state index contributed by atoms with van der Waals surface area (Å²) in [6, 6.07) is 7.30. The Balaban J connectivity index is 1.91. The number of aromatic hydroxyl groups is 1. The van der Waals surface area contributed by atoms with Crippen molar-refractivity contribution >= 4 is 6.08 Å². The van der Waals surface area contributed by atoms with Crippen molar-refractivity contribution in [3.63, 3.8) is 0 Å². The van der Waals surface area contributed by atoms with Gasteiger partial charge in [0.05, 0.1) is 6.26 Å². The zero-order valence-corrected chi connectivity index (χ0v) is 8.47. The number of para-hydroxylation sites is 1. The molecule has 1 aliphatic rings. The normalized spacial score (nSPS) is 19.6. The summed E-state index contributed by atoms with van der Waals surface area (Å²) in [4.78, 5) is 0. The minimum atomic E-state index is 0.270. The van der Waals surface area contributed by atoms with Crippen molar-refractivity contribution in [1.82, 2.24) is 0 Å². The van der Waals surface area contributed by atoms with Gasteiger partial charge < -0.3 is 9.84 Å². The number of phenols is 1. The molecule has 0 amide bonds. The summed E-state index contributed by atoms with van der Waals surface area (Å²) in [5, 5.41) is 9.51. The lowest BCUT2D eigenvalue weighted by Crippen LogP contribution is -2.01. The van der Waals surface area contributed by atoms with Crippen LogP contribution >= 0.6 is 0 Å². The van der Waals surface area contributed by atoms with Gasteiger partial charge >= 0.3 is 0 Å². The third-order valence-electron chi connectivity index (χ3n) is 2.40. The molecule has 0 aliphatic carbocycles. The molecule has 2 nitrogen and oxygen atoms in total. The van der Waals surface area contributed by atoms with Crippen LogP contribution in [0, 0.1) is 0 Å². The van der Waals surface area contributed by atoms with E-state index in [4.69, 9.17) is 4.74 Å². The van der Waals surface area contributed by atoms with E-state index in [0.717, 1.165) is 18.4 Å². The summed E-state index contributed by atoms with van der Waals surface area (Å²) in [6.45, 7) is 0. The first-order valence-corrected chi connectivity index (χ1v) is 5.11. The first-order valence-electron chi connectivity index (χ1n) is 5.11. The highest BCUT2D eigenvalue weighted by Gasteiger charge is 2.08. The van der Waals surface area contributed by atoms with E-state index in [1.54, 1.807) is 12.3 Å². The number of phenolic OH excluding ortho intramolecular Hbond substituents is 1. The van der Waals surface area contributed by atoms with Gasteiger partial charge in [0, 0.05) is 18.4 Å². The molecule has 0 aromatic heterocycles. The Labute approximate surface area is 89.5 Å². The van der Waals surface area contributed by atoms with E-state index in [1.165, 1.54) is 0 Å². The van der Waals surface area contributed by atoms with Crippen LogP contribution < -0.4 is 0 Å². The van der Waals surface area contributed by atoms with Crippen LogP contribution in [-0.4, -0.2) is 11.2 Å². The van der Waals surface area contributed by atoms with Gasteiger partial charge in [-0.15, -0.1) is 0 Å². The Morgan fingerprint density at radius 3 is 3.00 bits per heavy atom. The Morgan fingerprint density at radius 2 is 2.27 bits per heavy atom. The summed E-state index contributed by atoms with van der Waals surface area (Å²) < 4.78 is 5.33. The molecule has 0 spiro atoms. The predicted octanol–water partition coefficient (Wildman–Crippen LogP) is 3.10. The number of rotatable bonds is 3. The van der Waals surface area contributed by atoms with Gasteiger partial charge in [-0.25, -0.2) is 0 Å². The largest absolute Gasteiger partial charge is 0.507 e. The highest BCUT2D eigenvalue weighted by atomic mass is 16.5. The smallest absolute Gasteiger partial charge is 0.122 e. The molecule has 0 fully saturated rings. The summed E-state index contributed by atoms with van der Waals surface area (Å²) in [7, 11) is 0. The van der Waals surface area contributed by atoms with Crippen LogP contribution in [0.25, 0.3) is 6.08 Å². The summed E-state index contributed by atoms with van der Waals surface area (Å²) in [5.41, 5.74) is 0.850. The molecule has 0 saturated carbocycles. The van der Waals surface area contributed by atoms with Crippen LogP contribution in [0.2, 0.25) is 0 Å². The predicted molar refractivity (Wildman–Crippen MR) is 60.4 cm³/mol. The van der Waals surface area contributed by atoms with Crippen LogP contribution in [0.5, 0.6) is 5.75 Å². The van der Waals surface area contributed by atoms with Gasteiger partial charge in [-0.05, 0) is 12.1 Å². The van der Waals surface area contributed by atoms with Crippen LogP contribution in [-0.2, 0) is 4.74 Å². The third-order valence-corrected chi connectivity index (χ3v) is 2.40. The van der Waals surface area contributed by atoms with E-state index in [9.17, 15) is 5.11 Å². The van der Waals surface area contributed by atoms with Gasteiger partial charge in [0.2, 0.25) is 0 Å². The van der Waals surface area contributed by atoms with Gasteiger partial charge in [-0.1, -0.05) is 30.4 Å². The zero-order valence-electron chi connectivity index (χ0n) is 8.47. The van der Waals surface area contributed by atoms with E-state index in [2.05, 4.69) is 0 Å². The van der Waals surface area contributed by atoms with E-state index < -0.39 is 0 Å². The van der Waals surface area contributed by atoms with Gasteiger partial charge in [-0.3, -0.25) is 0 Å². The molecule has 1 aromatic carbocycles. The standard InChI is InChI=1S/C13H14O2/c14-13-9-2-1-5-11(13)6-3-7-12-8-4-10-15-12/h1-6,9-10,12,14H,7-8H2/b6-3+. The van der Waals surface area contributed by atoms with E-state index in [1.807, 2.05) is 36.4 Å². The highest BCUT2D eigenvalue weighted by molar-refractivity contribution is 5.56. The first-order chi connectivity index (χ1) is 7.36. The third kappa shape index (κ3) is 2.62. The van der Waals surface area contributed by atoms with Gasteiger partial charge in [0.15, 0.2) is 0 Å². The summed E-state index contributed by atoms with van der Waals surface area (Å²) >= 11 is 0. The van der Waals surface area contributed by atoms with Gasteiger partial charge in [-0.2, -0.15) is 0 Å². The number of hydrogen-bond acceptors (Lipinski definition) is 2. The molecule has 0 saturated heterocycles. The van der Waals surface area contributed by atoms with E-state index in [-0.39, 0.29) is 6.10 Å². The molecule has 1 unspecified atom stereocenters. The number of hydrogen-bond donors (Lipinski definition) is 1. The zero-order chi connectivity index (χ0) is 10.5. The fraction of sp³-hybridized carbons (Fsp3) is 0.231. The van der Waals surface area contributed by atoms with Crippen molar-refractivity contribution in [1.29, 1.82) is 0 Å². The molecule has 1 atom stereocenters. The number of benzene rings is 1. The van der Waals surface area contributed by atoms with Crippen molar-refractivity contribution in [2.45, 2.75) is 18.9 Å². The molecule has 1 aliphatic heterocycles. The van der Waals surface area contributed by atoms with Crippen molar-refractivity contribution in [2.75, 3.05) is 0 Å². The highest BCUT2D eigenvalue weighted by Crippen LogP contribution is 2.19. The van der Waals surface area contributed by atoms with Gasteiger partial charge in [0.1, 0.15) is 11.9 Å². The van der Waals surface area contributed by atoms with Crippen molar-refractivity contribution < 1.29 is 9.84 Å². The average Bonchev–Trinajstić information content (AvgIpc) is 2.74. The molecule has 0 bridgehead atoms. The Kier molecular flexibility index (Phi) is 3.08. The SMILES string of the molecule is Oc1ccccc1/C=C/CC1CC=CO1. The van der Waals surface area contributed by atoms with E-state index in [0.29, 0.717) is 5.75 Å². The lowest BCUT2D eigenvalue weighted by molar-refractivity contribution is 0.173. The van der Waals surface area contributed by atoms with E-state index >= 15 is 0 Å². The fourth-order valence-corrected chi connectivity index (χ4v) is 1.56. The van der Waals surface area contributed by atoms with Crippen molar-refractivity contribution in [3.8, 4) is 5.75 Å². The Bertz CT molecular complexity index is 372. The minimum absolute atomic E-state index is 0.270. The lowest BCUT2D eigenvalue weighted by Gasteiger charge is -2.05. The molecule has 2 rings (SSSR count). The second kappa shape index (κ2) is 4.69. The van der Waals surface area contributed by atoms with Crippen LogP contribution in [0.15, 0.2) is 42.7 Å². The molecular weight excluding hydrogens is 188 g/mol. The Morgan fingerprint density at radius 1 is 1.40 bits per heavy atom. The topological polar surface area (TPSA) is 29.5 Å². The fourth-order valence-electron chi connectivity index (χ4n) is 1.56. The Hall–Kier alpha value is -1.70. The molecule has 1 aromatic rings. The molecule has 1 heterocycles. The second-order valence-corrected chi connectivity index (χ2v) is 3.56. The van der Waals surface area contributed by atoms with Crippen LogP contribution in [0.4, 0.5) is 0 Å². The lowest BCUT2D eigenvalue weighted by atomic mass is 10.1. The maximum absolute atomic E-state index is 9.51. The maximum atomic E-state index is 9.51. The summed E-state index contributed by atoms with van der Waals surface area (Å²) in [5.74, 6) is 0.319. The average molecular weight is 202 g/mol. The number of ether oxygens (including phenoxy) is 1. The van der Waals surface area contributed by atoms with Gasteiger partial charge in [0.25, 0.3) is 0 Å². The van der Waals surface area contributed by atoms with Crippen LogP contribution in [0.3, 0.4) is 0 Å².